The van der Waals surface area contributed by atoms with E-state index in [2.05, 4.69) is 58.5 Å². The van der Waals surface area contributed by atoms with Crippen LogP contribution < -0.4 is 5.32 Å². The molecule has 0 spiro atoms. The molecular weight excluding hydrogens is 262 g/mol. The minimum Gasteiger partial charge on any atom is -0.378 e. The molecule has 0 fully saturated rings. The van der Waals surface area contributed by atoms with Gasteiger partial charge >= 0.3 is 0 Å². The zero-order valence-electron chi connectivity index (χ0n) is 9.15. The second-order valence-electron chi connectivity index (χ2n) is 3.75. The van der Waals surface area contributed by atoms with Crippen LogP contribution in [0, 0.1) is 0 Å². The second kappa shape index (κ2) is 5.17. The van der Waals surface area contributed by atoms with E-state index >= 15 is 0 Å². The summed E-state index contributed by atoms with van der Waals surface area (Å²) in [6.45, 7) is 2.16. The van der Waals surface area contributed by atoms with Crippen molar-refractivity contribution >= 4 is 21.6 Å². The molecule has 1 nitrogen and oxygen atoms in total. The Morgan fingerprint density at radius 1 is 0.938 bits per heavy atom. The molecule has 0 aromatic heterocycles. The van der Waals surface area contributed by atoms with Crippen molar-refractivity contribution in [3.05, 3.63) is 64.6 Å². The van der Waals surface area contributed by atoms with Crippen LogP contribution in [0.4, 0.5) is 5.69 Å². The van der Waals surface area contributed by atoms with Gasteiger partial charge < -0.3 is 5.32 Å². The number of para-hydroxylation sites is 1. The van der Waals surface area contributed by atoms with Crippen molar-refractivity contribution in [3.8, 4) is 0 Å². The van der Waals surface area contributed by atoms with Crippen LogP contribution in [0.25, 0.3) is 0 Å². The van der Waals surface area contributed by atoms with Crippen molar-refractivity contribution in [2.24, 2.45) is 0 Å². The standard InChI is InChI=1S/C14H14BrN/c1-11(13-9-5-6-10-14(13)15)16-12-7-3-2-4-8-12/h2-11,16H,1H3/t11-/m0/s1. The van der Waals surface area contributed by atoms with E-state index in [0.717, 1.165) is 10.2 Å². The maximum Gasteiger partial charge on any atom is 0.0496 e. The Kier molecular flexibility index (Phi) is 3.62. The largest absolute Gasteiger partial charge is 0.378 e. The lowest BCUT2D eigenvalue weighted by Crippen LogP contribution is -2.06. The van der Waals surface area contributed by atoms with Gasteiger partial charge in [0.1, 0.15) is 0 Å². The summed E-state index contributed by atoms with van der Waals surface area (Å²) >= 11 is 3.57. The molecule has 0 unspecified atom stereocenters. The third-order valence-corrected chi connectivity index (χ3v) is 3.25. The summed E-state index contributed by atoms with van der Waals surface area (Å²) in [4.78, 5) is 0. The van der Waals surface area contributed by atoms with E-state index in [9.17, 15) is 0 Å². The van der Waals surface area contributed by atoms with Gasteiger partial charge in [0.2, 0.25) is 0 Å². The van der Waals surface area contributed by atoms with E-state index in [0.29, 0.717) is 0 Å². The third kappa shape index (κ3) is 2.64. The quantitative estimate of drug-likeness (QED) is 0.862. The SMILES string of the molecule is C[C@H](Nc1ccccc1)c1ccccc1Br. The maximum absolute atomic E-state index is 3.57. The highest BCUT2D eigenvalue weighted by molar-refractivity contribution is 9.10. The van der Waals surface area contributed by atoms with Crippen LogP contribution in [-0.4, -0.2) is 0 Å². The van der Waals surface area contributed by atoms with Crippen molar-refractivity contribution in [3.63, 3.8) is 0 Å². The Morgan fingerprint density at radius 3 is 2.25 bits per heavy atom. The van der Waals surface area contributed by atoms with Gasteiger partial charge in [-0.2, -0.15) is 0 Å². The zero-order chi connectivity index (χ0) is 11.4. The lowest BCUT2D eigenvalue weighted by atomic mass is 10.1. The average Bonchev–Trinajstić information content (AvgIpc) is 2.31. The fraction of sp³-hybridized carbons (Fsp3) is 0.143. The van der Waals surface area contributed by atoms with E-state index in [1.54, 1.807) is 0 Å². The first-order valence-corrected chi connectivity index (χ1v) is 6.12. The average molecular weight is 276 g/mol. The molecule has 0 bridgehead atoms. The molecule has 1 N–H and O–H groups in total. The summed E-state index contributed by atoms with van der Waals surface area (Å²) in [5.74, 6) is 0. The fourth-order valence-corrected chi connectivity index (χ4v) is 2.32. The molecular formula is C14H14BrN. The van der Waals surface area contributed by atoms with Gasteiger partial charge in [-0.1, -0.05) is 52.3 Å². The van der Waals surface area contributed by atoms with Crippen LogP contribution >= 0.6 is 15.9 Å². The van der Waals surface area contributed by atoms with E-state index in [-0.39, 0.29) is 6.04 Å². The number of hydrogen-bond acceptors (Lipinski definition) is 1. The minimum atomic E-state index is 0.290. The monoisotopic (exact) mass is 275 g/mol. The van der Waals surface area contributed by atoms with E-state index in [1.807, 2.05) is 24.3 Å². The van der Waals surface area contributed by atoms with Crippen molar-refractivity contribution in [1.82, 2.24) is 0 Å². The predicted octanol–water partition coefficient (Wildman–Crippen LogP) is 4.62. The van der Waals surface area contributed by atoms with E-state index in [4.69, 9.17) is 0 Å². The smallest absolute Gasteiger partial charge is 0.0496 e. The highest BCUT2D eigenvalue weighted by Crippen LogP contribution is 2.25. The molecule has 0 heterocycles. The van der Waals surface area contributed by atoms with Crippen molar-refractivity contribution in [2.45, 2.75) is 13.0 Å². The first-order chi connectivity index (χ1) is 7.77. The van der Waals surface area contributed by atoms with Crippen molar-refractivity contribution in [2.75, 3.05) is 5.32 Å². The van der Waals surface area contributed by atoms with Crippen LogP contribution in [0.15, 0.2) is 59.1 Å². The Labute approximate surface area is 105 Å². The number of anilines is 1. The van der Waals surface area contributed by atoms with Gasteiger partial charge in [0, 0.05) is 16.2 Å². The molecule has 0 saturated heterocycles. The summed E-state index contributed by atoms with van der Waals surface area (Å²) in [7, 11) is 0. The summed E-state index contributed by atoms with van der Waals surface area (Å²) in [6, 6.07) is 18.8. The summed E-state index contributed by atoms with van der Waals surface area (Å²) in [5.41, 5.74) is 2.41. The van der Waals surface area contributed by atoms with Crippen molar-refractivity contribution < 1.29 is 0 Å². The van der Waals surface area contributed by atoms with Gasteiger partial charge in [0.05, 0.1) is 0 Å². The van der Waals surface area contributed by atoms with Gasteiger partial charge in [-0.05, 0) is 30.7 Å². The third-order valence-electron chi connectivity index (χ3n) is 2.53. The van der Waals surface area contributed by atoms with E-state index in [1.165, 1.54) is 5.56 Å². The molecule has 0 saturated carbocycles. The highest BCUT2D eigenvalue weighted by atomic mass is 79.9. The van der Waals surface area contributed by atoms with Gasteiger partial charge in [0.25, 0.3) is 0 Å². The number of halogens is 1. The number of nitrogens with one attached hydrogen (secondary N) is 1. The van der Waals surface area contributed by atoms with Crippen LogP contribution in [0.1, 0.15) is 18.5 Å². The zero-order valence-corrected chi connectivity index (χ0v) is 10.7. The number of benzene rings is 2. The van der Waals surface area contributed by atoms with Crippen LogP contribution in [0.3, 0.4) is 0 Å². The fourth-order valence-electron chi connectivity index (χ4n) is 1.69. The summed E-state index contributed by atoms with van der Waals surface area (Å²) in [6.07, 6.45) is 0. The Hall–Kier alpha value is -1.28. The molecule has 0 radical (unpaired) electrons. The molecule has 0 aliphatic heterocycles. The van der Waals surface area contributed by atoms with Gasteiger partial charge in [-0.25, -0.2) is 0 Å². The van der Waals surface area contributed by atoms with Crippen LogP contribution in [-0.2, 0) is 0 Å². The first kappa shape index (κ1) is 11.2. The van der Waals surface area contributed by atoms with Gasteiger partial charge in [-0.3, -0.25) is 0 Å². The van der Waals surface area contributed by atoms with Crippen molar-refractivity contribution in [1.29, 1.82) is 0 Å². The number of rotatable bonds is 3. The molecule has 0 amide bonds. The molecule has 2 heteroatoms. The lowest BCUT2D eigenvalue weighted by Gasteiger charge is -2.16. The van der Waals surface area contributed by atoms with Gasteiger partial charge in [-0.15, -0.1) is 0 Å². The predicted molar refractivity (Wildman–Crippen MR) is 72.6 cm³/mol. The second-order valence-corrected chi connectivity index (χ2v) is 4.61. The molecule has 82 valence electrons. The van der Waals surface area contributed by atoms with Gasteiger partial charge in [0.15, 0.2) is 0 Å². The maximum atomic E-state index is 3.57. The molecule has 0 aliphatic rings. The molecule has 1 atom stereocenters. The number of hydrogen-bond donors (Lipinski definition) is 1. The van der Waals surface area contributed by atoms with Crippen LogP contribution in [0.5, 0.6) is 0 Å². The first-order valence-electron chi connectivity index (χ1n) is 5.33. The molecule has 0 aliphatic carbocycles. The minimum absolute atomic E-state index is 0.290. The topological polar surface area (TPSA) is 12.0 Å². The van der Waals surface area contributed by atoms with E-state index < -0.39 is 0 Å². The molecule has 16 heavy (non-hydrogen) atoms. The highest BCUT2D eigenvalue weighted by Gasteiger charge is 2.07. The Bertz CT molecular complexity index is 453. The normalized spacial score (nSPS) is 12.1. The molecule has 2 aromatic rings. The summed E-state index contributed by atoms with van der Waals surface area (Å²) < 4.78 is 1.14. The lowest BCUT2D eigenvalue weighted by molar-refractivity contribution is 0.879. The molecule has 2 aromatic carbocycles. The molecule has 2 rings (SSSR count). The summed E-state index contributed by atoms with van der Waals surface area (Å²) in [5, 5.41) is 3.47. The Balaban J connectivity index is 2.15. The van der Waals surface area contributed by atoms with Crippen LogP contribution in [0.2, 0.25) is 0 Å². The Morgan fingerprint density at radius 2 is 1.56 bits per heavy atom.